The molecule has 2 aliphatic rings. The second-order valence-corrected chi connectivity index (χ2v) is 7.05. The van der Waals surface area contributed by atoms with E-state index in [4.69, 9.17) is 9.26 Å². The van der Waals surface area contributed by atoms with Crippen LogP contribution >= 0.6 is 0 Å². The van der Waals surface area contributed by atoms with E-state index in [1.54, 1.807) is 13.0 Å². The van der Waals surface area contributed by atoms with Crippen molar-refractivity contribution in [3.8, 4) is 0 Å². The van der Waals surface area contributed by atoms with E-state index < -0.39 is 0 Å². The van der Waals surface area contributed by atoms with E-state index in [2.05, 4.69) is 14.9 Å². The quantitative estimate of drug-likeness (QED) is 0.804. The highest BCUT2D eigenvalue weighted by molar-refractivity contribution is 5.92. The Labute approximate surface area is 146 Å². The van der Waals surface area contributed by atoms with Crippen LogP contribution in [0.4, 0.5) is 0 Å². The molecule has 1 saturated carbocycles. The fourth-order valence-electron chi connectivity index (χ4n) is 3.52. The molecule has 2 aromatic rings. The van der Waals surface area contributed by atoms with E-state index in [9.17, 15) is 4.79 Å². The third-order valence-electron chi connectivity index (χ3n) is 4.93. The van der Waals surface area contributed by atoms with Gasteiger partial charge < -0.3 is 14.2 Å². The lowest BCUT2D eigenvalue weighted by Crippen LogP contribution is -2.40. The van der Waals surface area contributed by atoms with Gasteiger partial charge in [0, 0.05) is 43.8 Å². The van der Waals surface area contributed by atoms with Crippen LogP contribution in [0, 0.1) is 12.8 Å². The van der Waals surface area contributed by atoms with Crippen LogP contribution < -0.4 is 0 Å². The first kappa shape index (κ1) is 16.3. The van der Waals surface area contributed by atoms with E-state index in [0.717, 1.165) is 18.0 Å². The van der Waals surface area contributed by atoms with Crippen LogP contribution in [0.25, 0.3) is 0 Å². The van der Waals surface area contributed by atoms with Crippen LogP contribution in [0.1, 0.15) is 53.2 Å². The Morgan fingerprint density at radius 2 is 2.28 bits per heavy atom. The average molecular weight is 344 g/mol. The number of rotatable bonds is 6. The van der Waals surface area contributed by atoms with Gasteiger partial charge in [0.15, 0.2) is 5.69 Å². The number of hydrogen-bond acceptors (Lipinski definition) is 5. The minimum absolute atomic E-state index is 0.0982. The summed E-state index contributed by atoms with van der Waals surface area (Å²) in [7, 11) is 0. The first-order chi connectivity index (χ1) is 12.2. The van der Waals surface area contributed by atoms with E-state index in [1.807, 2.05) is 18.0 Å². The lowest BCUT2D eigenvalue weighted by atomic mass is 9.96. The molecule has 7 nitrogen and oxygen atoms in total. The molecule has 0 radical (unpaired) electrons. The molecule has 1 aliphatic heterocycles. The molecule has 1 aliphatic carbocycles. The van der Waals surface area contributed by atoms with Gasteiger partial charge in [-0.15, -0.1) is 0 Å². The maximum absolute atomic E-state index is 12.8. The standard InChI is InChI=1S/C18H24N4O3/c1-3-24-11-15-10-21(18(23)16-6-12(2)25-20-16)9-14-7-19-22(17(14)15)8-13-4-5-13/h6-7,13,15H,3-5,8-11H2,1-2H3/t15-/m0/s1. The van der Waals surface area contributed by atoms with Gasteiger partial charge in [-0.1, -0.05) is 5.16 Å². The Morgan fingerprint density at radius 1 is 1.44 bits per heavy atom. The number of amides is 1. The Balaban J connectivity index is 1.58. The summed E-state index contributed by atoms with van der Waals surface area (Å²) in [4.78, 5) is 14.6. The number of aromatic nitrogens is 3. The number of fused-ring (bicyclic) bond motifs is 1. The lowest BCUT2D eigenvalue weighted by Gasteiger charge is -2.33. The van der Waals surface area contributed by atoms with Gasteiger partial charge in [-0.2, -0.15) is 5.10 Å². The molecule has 1 atom stereocenters. The van der Waals surface area contributed by atoms with E-state index >= 15 is 0 Å². The van der Waals surface area contributed by atoms with Crippen molar-refractivity contribution in [3.63, 3.8) is 0 Å². The maximum Gasteiger partial charge on any atom is 0.276 e. The number of carbonyl (C=O) groups excluding carboxylic acids is 1. The molecule has 0 N–H and O–H groups in total. The first-order valence-corrected chi connectivity index (χ1v) is 9.00. The topological polar surface area (TPSA) is 73.4 Å². The van der Waals surface area contributed by atoms with Gasteiger partial charge in [-0.3, -0.25) is 9.48 Å². The molecule has 0 aromatic carbocycles. The first-order valence-electron chi connectivity index (χ1n) is 9.00. The van der Waals surface area contributed by atoms with Crippen molar-refractivity contribution in [2.75, 3.05) is 19.8 Å². The molecule has 1 amide bonds. The number of aryl methyl sites for hydroxylation is 1. The highest BCUT2D eigenvalue weighted by atomic mass is 16.5. The summed E-state index contributed by atoms with van der Waals surface area (Å²) in [6, 6.07) is 1.69. The number of ether oxygens (including phenoxy) is 1. The molecule has 0 unspecified atom stereocenters. The zero-order chi connectivity index (χ0) is 17.4. The van der Waals surface area contributed by atoms with Gasteiger partial charge in [0.2, 0.25) is 0 Å². The summed E-state index contributed by atoms with van der Waals surface area (Å²) < 4.78 is 12.9. The third kappa shape index (κ3) is 3.33. The minimum atomic E-state index is -0.0982. The second-order valence-electron chi connectivity index (χ2n) is 7.05. The Kier molecular flexibility index (Phi) is 4.33. The predicted molar refractivity (Wildman–Crippen MR) is 90.2 cm³/mol. The predicted octanol–water partition coefficient (Wildman–Crippen LogP) is 2.37. The van der Waals surface area contributed by atoms with Gasteiger partial charge in [0.25, 0.3) is 5.91 Å². The molecule has 0 bridgehead atoms. The Bertz CT molecular complexity index is 762. The van der Waals surface area contributed by atoms with Crippen molar-refractivity contribution in [2.45, 2.75) is 45.7 Å². The van der Waals surface area contributed by atoms with Crippen LogP contribution in [-0.4, -0.2) is 45.5 Å². The van der Waals surface area contributed by atoms with Gasteiger partial charge in [-0.25, -0.2) is 0 Å². The largest absolute Gasteiger partial charge is 0.381 e. The van der Waals surface area contributed by atoms with Gasteiger partial charge in [0.05, 0.1) is 18.5 Å². The Hall–Kier alpha value is -2.15. The highest BCUT2D eigenvalue weighted by Crippen LogP contribution is 2.34. The summed E-state index contributed by atoms with van der Waals surface area (Å²) in [5, 5.41) is 8.46. The Morgan fingerprint density at radius 3 is 2.96 bits per heavy atom. The van der Waals surface area contributed by atoms with Crippen LogP contribution in [0.5, 0.6) is 0 Å². The van der Waals surface area contributed by atoms with E-state index in [-0.39, 0.29) is 11.8 Å². The highest BCUT2D eigenvalue weighted by Gasteiger charge is 2.34. The normalized spacial score (nSPS) is 19.9. The number of hydrogen-bond donors (Lipinski definition) is 0. The van der Waals surface area contributed by atoms with E-state index in [1.165, 1.54) is 18.5 Å². The summed E-state index contributed by atoms with van der Waals surface area (Å²) in [6.07, 6.45) is 4.49. The molecule has 3 heterocycles. The smallest absolute Gasteiger partial charge is 0.276 e. The van der Waals surface area contributed by atoms with Crippen LogP contribution in [0.2, 0.25) is 0 Å². The molecule has 134 valence electrons. The van der Waals surface area contributed by atoms with Crippen molar-refractivity contribution in [1.82, 2.24) is 19.8 Å². The monoisotopic (exact) mass is 344 g/mol. The molecular formula is C18H24N4O3. The SMILES string of the molecule is CCOC[C@@H]1CN(C(=O)c2cc(C)on2)Cc2cnn(CC3CC3)c21. The summed E-state index contributed by atoms with van der Waals surface area (Å²) in [5.41, 5.74) is 2.72. The van der Waals surface area contributed by atoms with Crippen molar-refractivity contribution < 1.29 is 14.1 Å². The van der Waals surface area contributed by atoms with Gasteiger partial charge >= 0.3 is 0 Å². The minimum Gasteiger partial charge on any atom is -0.381 e. The van der Waals surface area contributed by atoms with Crippen LogP contribution in [0.3, 0.4) is 0 Å². The zero-order valence-electron chi connectivity index (χ0n) is 14.8. The van der Waals surface area contributed by atoms with E-state index in [0.29, 0.717) is 37.8 Å². The zero-order valence-corrected chi connectivity index (χ0v) is 14.8. The molecule has 2 aromatic heterocycles. The summed E-state index contributed by atoms with van der Waals surface area (Å²) in [6.45, 7) is 7.21. The van der Waals surface area contributed by atoms with Crippen LogP contribution in [0.15, 0.2) is 16.8 Å². The number of nitrogens with zero attached hydrogens (tertiary/aromatic N) is 4. The molecule has 0 saturated heterocycles. The molecule has 25 heavy (non-hydrogen) atoms. The third-order valence-corrected chi connectivity index (χ3v) is 4.93. The summed E-state index contributed by atoms with van der Waals surface area (Å²) >= 11 is 0. The molecule has 1 fully saturated rings. The molecular weight excluding hydrogens is 320 g/mol. The fraction of sp³-hybridized carbons (Fsp3) is 0.611. The molecule has 7 heteroatoms. The van der Waals surface area contributed by atoms with Gasteiger partial charge in [0.1, 0.15) is 5.76 Å². The summed E-state index contributed by atoms with van der Waals surface area (Å²) in [5.74, 6) is 1.44. The average Bonchev–Trinajstić information content (AvgIpc) is 3.17. The van der Waals surface area contributed by atoms with Crippen molar-refractivity contribution in [3.05, 3.63) is 35.0 Å². The maximum atomic E-state index is 12.8. The number of carbonyl (C=O) groups is 1. The lowest BCUT2D eigenvalue weighted by molar-refractivity contribution is 0.0637. The fourth-order valence-corrected chi connectivity index (χ4v) is 3.52. The van der Waals surface area contributed by atoms with Crippen molar-refractivity contribution >= 4 is 5.91 Å². The molecule has 4 rings (SSSR count). The van der Waals surface area contributed by atoms with Crippen LogP contribution in [-0.2, 0) is 17.8 Å². The molecule has 0 spiro atoms. The van der Waals surface area contributed by atoms with Crippen molar-refractivity contribution in [2.24, 2.45) is 5.92 Å². The van der Waals surface area contributed by atoms with Gasteiger partial charge in [-0.05, 0) is 32.6 Å². The second kappa shape index (κ2) is 6.63. The van der Waals surface area contributed by atoms with Crippen molar-refractivity contribution in [1.29, 1.82) is 0 Å².